The second kappa shape index (κ2) is 6.27. The van der Waals surface area contributed by atoms with Crippen molar-refractivity contribution < 1.29 is 9.90 Å². The van der Waals surface area contributed by atoms with Crippen LogP contribution in [-0.4, -0.2) is 32.7 Å². The molecule has 2 atom stereocenters. The highest BCUT2D eigenvalue weighted by Gasteiger charge is 2.18. The predicted molar refractivity (Wildman–Crippen MR) is 61.2 cm³/mol. The van der Waals surface area contributed by atoms with Crippen LogP contribution < -0.4 is 5.32 Å². The van der Waals surface area contributed by atoms with E-state index < -0.39 is 12.0 Å². The molecule has 1 aromatic heterocycles. The first-order valence-corrected chi connectivity index (χ1v) is 5.58. The highest BCUT2D eigenvalue weighted by atomic mass is 16.4. The van der Waals surface area contributed by atoms with Crippen LogP contribution in [0.15, 0.2) is 18.7 Å². The molecular formula is C11H19N3O2. The molecule has 0 amide bonds. The van der Waals surface area contributed by atoms with E-state index in [1.807, 2.05) is 24.6 Å². The van der Waals surface area contributed by atoms with Gasteiger partial charge in [0.05, 0.1) is 6.33 Å². The topological polar surface area (TPSA) is 67.2 Å². The number of carbonyl (C=O) groups is 1. The van der Waals surface area contributed by atoms with E-state index in [1.54, 1.807) is 12.5 Å². The number of carboxylic acid groups (broad SMARTS) is 1. The molecule has 5 nitrogen and oxygen atoms in total. The van der Waals surface area contributed by atoms with Crippen LogP contribution >= 0.6 is 0 Å². The number of imidazole rings is 1. The van der Waals surface area contributed by atoms with Gasteiger partial charge < -0.3 is 15.0 Å². The Bertz CT molecular complexity index is 311. The van der Waals surface area contributed by atoms with Crippen molar-refractivity contribution in [3.63, 3.8) is 0 Å². The Morgan fingerprint density at radius 1 is 1.62 bits per heavy atom. The molecule has 0 aliphatic rings. The van der Waals surface area contributed by atoms with Crippen molar-refractivity contribution in [1.82, 2.24) is 14.9 Å². The second-order valence-corrected chi connectivity index (χ2v) is 4.01. The van der Waals surface area contributed by atoms with Gasteiger partial charge in [0, 0.05) is 25.0 Å². The molecule has 0 aliphatic heterocycles. The zero-order valence-corrected chi connectivity index (χ0v) is 9.76. The maximum atomic E-state index is 10.9. The molecule has 0 bridgehead atoms. The van der Waals surface area contributed by atoms with Crippen molar-refractivity contribution in [3.8, 4) is 0 Å². The summed E-state index contributed by atoms with van der Waals surface area (Å²) >= 11 is 0. The number of carboxylic acids is 1. The van der Waals surface area contributed by atoms with Gasteiger partial charge in [0.2, 0.25) is 0 Å². The molecule has 0 saturated carbocycles. The normalized spacial score (nSPS) is 14.6. The molecule has 5 heteroatoms. The average Bonchev–Trinajstić information content (AvgIpc) is 2.69. The van der Waals surface area contributed by atoms with Gasteiger partial charge in [-0.3, -0.25) is 4.79 Å². The lowest BCUT2D eigenvalue weighted by Gasteiger charge is -2.20. The van der Waals surface area contributed by atoms with Gasteiger partial charge in [0.25, 0.3) is 0 Å². The summed E-state index contributed by atoms with van der Waals surface area (Å²) < 4.78 is 1.93. The van der Waals surface area contributed by atoms with Crippen LogP contribution in [0, 0.1) is 0 Å². The maximum Gasteiger partial charge on any atom is 0.320 e. The molecule has 0 saturated heterocycles. The molecule has 0 radical (unpaired) electrons. The summed E-state index contributed by atoms with van der Waals surface area (Å²) in [5.74, 6) is -0.778. The van der Waals surface area contributed by atoms with Crippen molar-refractivity contribution in [3.05, 3.63) is 18.7 Å². The molecule has 2 unspecified atom stereocenters. The van der Waals surface area contributed by atoms with E-state index in [4.69, 9.17) is 5.11 Å². The van der Waals surface area contributed by atoms with Crippen LogP contribution in [0.4, 0.5) is 0 Å². The van der Waals surface area contributed by atoms with Gasteiger partial charge in [-0.25, -0.2) is 4.98 Å². The first-order chi connectivity index (χ1) is 7.63. The molecule has 0 aromatic carbocycles. The van der Waals surface area contributed by atoms with Gasteiger partial charge in [-0.15, -0.1) is 0 Å². The van der Waals surface area contributed by atoms with Crippen molar-refractivity contribution in [2.24, 2.45) is 0 Å². The van der Waals surface area contributed by atoms with Crippen LogP contribution in [0.1, 0.15) is 26.7 Å². The SMILES string of the molecule is CCCC(NC(C)Cn1ccnc1)C(=O)O. The number of rotatable bonds is 7. The first-order valence-electron chi connectivity index (χ1n) is 5.58. The summed E-state index contributed by atoms with van der Waals surface area (Å²) in [5.41, 5.74) is 0. The van der Waals surface area contributed by atoms with Gasteiger partial charge in [0.1, 0.15) is 6.04 Å². The van der Waals surface area contributed by atoms with Crippen LogP contribution in [0.3, 0.4) is 0 Å². The molecule has 1 heterocycles. The zero-order valence-electron chi connectivity index (χ0n) is 9.76. The lowest BCUT2D eigenvalue weighted by molar-refractivity contribution is -0.139. The summed E-state index contributed by atoms with van der Waals surface area (Å²) in [6.07, 6.45) is 6.83. The van der Waals surface area contributed by atoms with Crippen LogP contribution in [-0.2, 0) is 11.3 Å². The molecular weight excluding hydrogens is 206 g/mol. The van der Waals surface area contributed by atoms with Crippen molar-refractivity contribution in [2.75, 3.05) is 0 Å². The fourth-order valence-electron chi connectivity index (χ4n) is 1.67. The van der Waals surface area contributed by atoms with E-state index in [0.29, 0.717) is 6.42 Å². The number of nitrogens with one attached hydrogen (secondary N) is 1. The van der Waals surface area contributed by atoms with E-state index in [0.717, 1.165) is 13.0 Å². The van der Waals surface area contributed by atoms with Gasteiger partial charge in [-0.1, -0.05) is 13.3 Å². The molecule has 1 aromatic rings. The molecule has 90 valence electrons. The Morgan fingerprint density at radius 3 is 2.88 bits per heavy atom. The van der Waals surface area contributed by atoms with Crippen molar-refractivity contribution in [2.45, 2.75) is 45.3 Å². The van der Waals surface area contributed by atoms with E-state index in [-0.39, 0.29) is 6.04 Å². The zero-order chi connectivity index (χ0) is 12.0. The van der Waals surface area contributed by atoms with Crippen LogP contribution in [0.25, 0.3) is 0 Å². The maximum absolute atomic E-state index is 10.9. The van der Waals surface area contributed by atoms with E-state index in [1.165, 1.54) is 0 Å². The highest BCUT2D eigenvalue weighted by Crippen LogP contribution is 2.00. The summed E-state index contributed by atoms with van der Waals surface area (Å²) in [7, 11) is 0. The average molecular weight is 225 g/mol. The Hall–Kier alpha value is -1.36. The lowest BCUT2D eigenvalue weighted by atomic mass is 10.1. The van der Waals surface area contributed by atoms with E-state index in [9.17, 15) is 4.79 Å². The summed E-state index contributed by atoms with van der Waals surface area (Å²) in [5, 5.41) is 12.1. The Labute approximate surface area is 95.5 Å². The fourth-order valence-corrected chi connectivity index (χ4v) is 1.67. The minimum Gasteiger partial charge on any atom is -0.480 e. The molecule has 16 heavy (non-hydrogen) atoms. The van der Waals surface area contributed by atoms with E-state index in [2.05, 4.69) is 10.3 Å². The lowest BCUT2D eigenvalue weighted by Crippen LogP contribution is -2.43. The molecule has 0 fully saturated rings. The monoisotopic (exact) mass is 225 g/mol. The molecule has 1 rings (SSSR count). The first kappa shape index (κ1) is 12.7. The van der Waals surface area contributed by atoms with Gasteiger partial charge in [0.15, 0.2) is 0 Å². The Kier molecular flexibility index (Phi) is 4.98. The van der Waals surface area contributed by atoms with E-state index >= 15 is 0 Å². The standard InChI is InChI=1S/C11H19N3O2/c1-3-4-10(11(15)16)13-9(2)7-14-6-5-12-8-14/h5-6,8-10,13H,3-4,7H2,1-2H3,(H,15,16). The number of aromatic nitrogens is 2. The molecule has 2 N–H and O–H groups in total. The minimum absolute atomic E-state index is 0.113. The molecule has 0 spiro atoms. The predicted octanol–water partition coefficient (Wildman–Crippen LogP) is 1.11. The molecule has 0 aliphatic carbocycles. The largest absolute Gasteiger partial charge is 0.480 e. The summed E-state index contributed by atoms with van der Waals surface area (Å²) in [6, 6.07) is -0.342. The van der Waals surface area contributed by atoms with Crippen molar-refractivity contribution in [1.29, 1.82) is 0 Å². The Morgan fingerprint density at radius 2 is 2.38 bits per heavy atom. The quantitative estimate of drug-likeness (QED) is 0.729. The Balaban J connectivity index is 2.42. The van der Waals surface area contributed by atoms with Gasteiger partial charge in [-0.2, -0.15) is 0 Å². The van der Waals surface area contributed by atoms with Crippen LogP contribution in [0.5, 0.6) is 0 Å². The van der Waals surface area contributed by atoms with Gasteiger partial charge in [-0.05, 0) is 13.3 Å². The van der Waals surface area contributed by atoms with Crippen molar-refractivity contribution >= 4 is 5.97 Å². The summed E-state index contributed by atoms with van der Waals surface area (Å²) in [6.45, 7) is 4.69. The smallest absolute Gasteiger partial charge is 0.320 e. The second-order valence-electron chi connectivity index (χ2n) is 4.01. The highest BCUT2D eigenvalue weighted by molar-refractivity contribution is 5.73. The number of nitrogens with zero attached hydrogens (tertiary/aromatic N) is 2. The third-order valence-corrected chi connectivity index (χ3v) is 2.41. The third kappa shape index (κ3) is 4.02. The minimum atomic E-state index is -0.778. The number of hydrogen-bond donors (Lipinski definition) is 2. The van der Waals surface area contributed by atoms with Gasteiger partial charge >= 0.3 is 5.97 Å². The number of aliphatic carboxylic acids is 1. The third-order valence-electron chi connectivity index (χ3n) is 2.41. The summed E-state index contributed by atoms with van der Waals surface area (Å²) in [4.78, 5) is 14.9. The number of hydrogen-bond acceptors (Lipinski definition) is 3. The fraction of sp³-hybridized carbons (Fsp3) is 0.636. The van der Waals surface area contributed by atoms with Crippen LogP contribution in [0.2, 0.25) is 0 Å².